The summed E-state index contributed by atoms with van der Waals surface area (Å²) in [5.41, 5.74) is 1.93. The van der Waals surface area contributed by atoms with E-state index in [9.17, 15) is 15.2 Å². The minimum absolute atomic E-state index is 0.0488. The van der Waals surface area contributed by atoms with Crippen molar-refractivity contribution in [1.82, 2.24) is 4.98 Å². The zero-order valence-corrected chi connectivity index (χ0v) is 12.7. The van der Waals surface area contributed by atoms with Crippen LogP contribution in [-0.4, -0.2) is 15.0 Å². The molecular formula is C15H16N2O3S. The number of hydrogen-bond acceptors (Lipinski definition) is 5. The summed E-state index contributed by atoms with van der Waals surface area (Å²) in [7, 11) is 0. The van der Waals surface area contributed by atoms with Gasteiger partial charge in [0.2, 0.25) is 0 Å². The van der Waals surface area contributed by atoms with Crippen molar-refractivity contribution in [2.45, 2.75) is 32.8 Å². The molecule has 0 aliphatic heterocycles. The third-order valence-corrected chi connectivity index (χ3v) is 5.00. The number of thiazole rings is 1. The van der Waals surface area contributed by atoms with E-state index in [0.29, 0.717) is 0 Å². The number of rotatable bonds is 2. The van der Waals surface area contributed by atoms with Crippen molar-refractivity contribution in [2.24, 2.45) is 5.41 Å². The molecule has 1 N–H and O–H groups in total. The molecule has 6 heteroatoms. The number of fused-ring (bicyclic) bond motifs is 1. The minimum atomic E-state index is -0.465. The second kappa shape index (κ2) is 4.89. The molecule has 0 bridgehead atoms. The predicted octanol–water partition coefficient (Wildman–Crippen LogP) is 3.72. The lowest BCUT2D eigenvalue weighted by atomic mass is 9.77. The molecule has 5 nitrogen and oxygen atoms in total. The topological polar surface area (TPSA) is 76.3 Å². The average Bonchev–Trinajstić information content (AvgIpc) is 2.81. The number of aromatic nitrogens is 1. The highest BCUT2D eigenvalue weighted by Crippen LogP contribution is 2.44. The van der Waals surface area contributed by atoms with Gasteiger partial charge in [-0.2, -0.15) is 0 Å². The van der Waals surface area contributed by atoms with Gasteiger partial charge in [-0.1, -0.05) is 13.8 Å². The van der Waals surface area contributed by atoms with E-state index in [1.54, 1.807) is 12.1 Å². The first-order valence-electron chi connectivity index (χ1n) is 6.78. The molecule has 0 saturated heterocycles. The van der Waals surface area contributed by atoms with Gasteiger partial charge >= 0.3 is 0 Å². The number of nitrogens with zero attached hydrogens (tertiary/aromatic N) is 2. The fraction of sp³-hybridized carbons (Fsp3) is 0.400. The fourth-order valence-electron chi connectivity index (χ4n) is 2.74. The number of aliphatic hydroxyl groups is 1. The van der Waals surface area contributed by atoms with Crippen molar-refractivity contribution in [3.8, 4) is 10.6 Å². The van der Waals surface area contributed by atoms with Crippen LogP contribution in [-0.2, 0) is 6.42 Å². The van der Waals surface area contributed by atoms with Gasteiger partial charge in [0.1, 0.15) is 5.01 Å². The molecule has 1 aromatic heterocycles. The maximum Gasteiger partial charge on any atom is 0.269 e. The first kappa shape index (κ1) is 14.2. The Hall–Kier alpha value is -1.79. The van der Waals surface area contributed by atoms with Gasteiger partial charge < -0.3 is 5.11 Å². The van der Waals surface area contributed by atoms with Crippen molar-refractivity contribution in [3.63, 3.8) is 0 Å². The third-order valence-electron chi connectivity index (χ3n) is 3.75. The maximum atomic E-state index is 10.7. The SMILES string of the molecule is CC1(C)Cc2nc(-c3ccc([N+](=O)[O-])cc3)sc2C(O)C1. The van der Waals surface area contributed by atoms with Crippen LogP contribution in [0, 0.1) is 15.5 Å². The number of benzene rings is 1. The van der Waals surface area contributed by atoms with Gasteiger partial charge in [0.15, 0.2) is 0 Å². The van der Waals surface area contributed by atoms with Crippen molar-refractivity contribution in [3.05, 3.63) is 45.0 Å². The lowest BCUT2D eigenvalue weighted by Crippen LogP contribution is -2.24. The summed E-state index contributed by atoms with van der Waals surface area (Å²) in [6.45, 7) is 4.26. The van der Waals surface area contributed by atoms with Crippen molar-refractivity contribution < 1.29 is 10.0 Å². The summed E-state index contributed by atoms with van der Waals surface area (Å²) in [5.74, 6) is 0. The van der Waals surface area contributed by atoms with E-state index in [2.05, 4.69) is 18.8 Å². The van der Waals surface area contributed by atoms with Crippen LogP contribution in [0.15, 0.2) is 24.3 Å². The number of nitro benzene ring substituents is 1. The van der Waals surface area contributed by atoms with Gasteiger partial charge in [0.05, 0.1) is 21.6 Å². The van der Waals surface area contributed by atoms with Crippen molar-refractivity contribution in [2.75, 3.05) is 0 Å². The minimum Gasteiger partial charge on any atom is -0.387 e. The largest absolute Gasteiger partial charge is 0.387 e. The monoisotopic (exact) mass is 304 g/mol. The Morgan fingerprint density at radius 2 is 2.05 bits per heavy atom. The van der Waals surface area contributed by atoms with E-state index in [1.165, 1.54) is 23.5 Å². The fourth-order valence-corrected chi connectivity index (χ4v) is 3.81. The first-order valence-corrected chi connectivity index (χ1v) is 7.60. The smallest absolute Gasteiger partial charge is 0.269 e. The van der Waals surface area contributed by atoms with Gasteiger partial charge in [0.25, 0.3) is 5.69 Å². The van der Waals surface area contributed by atoms with E-state index in [-0.39, 0.29) is 11.1 Å². The summed E-state index contributed by atoms with van der Waals surface area (Å²) in [6.07, 6.45) is 1.12. The lowest BCUT2D eigenvalue weighted by molar-refractivity contribution is -0.384. The molecule has 1 aliphatic rings. The summed E-state index contributed by atoms with van der Waals surface area (Å²) < 4.78 is 0. The van der Waals surface area contributed by atoms with Crippen LogP contribution in [0.4, 0.5) is 5.69 Å². The zero-order valence-electron chi connectivity index (χ0n) is 11.9. The maximum absolute atomic E-state index is 10.7. The molecule has 21 heavy (non-hydrogen) atoms. The van der Waals surface area contributed by atoms with E-state index < -0.39 is 11.0 Å². The molecule has 0 fully saturated rings. The van der Waals surface area contributed by atoms with Gasteiger partial charge in [0, 0.05) is 17.7 Å². The molecule has 0 amide bonds. The molecule has 0 saturated carbocycles. The van der Waals surface area contributed by atoms with E-state index in [1.807, 2.05) is 0 Å². The second-order valence-electron chi connectivity index (χ2n) is 6.19. The van der Waals surface area contributed by atoms with Gasteiger partial charge in [-0.05, 0) is 30.4 Å². The molecular weight excluding hydrogens is 288 g/mol. The van der Waals surface area contributed by atoms with Crippen LogP contribution in [0.25, 0.3) is 10.6 Å². The highest BCUT2D eigenvalue weighted by molar-refractivity contribution is 7.15. The summed E-state index contributed by atoms with van der Waals surface area (Å²) >= 11 is 1.48. The zero-order chi connectivity index (χ0) is 15.2. The standard InChI is InChI=1S/C15H16N2O3S/c1-15(2)7-11-13(12(18)8-15)21-14(16-11)9-3-5-10(6-4-9)17(19)20/h3-6,12,18H,7-8H2,1-2H3. The number of non-ortho nitro benzene ring substituents is 1. The quantitative estimate of drug-likeness (QED) is 0.677. The van der Waals surface area contributed by atoms with E-state index in [0.717, 1.165) is 34.0 Å². The van der Waals surface area contributed by atoms with Crippen LogP contribution >= 0.6 is 11.3 Å². The number of aliphatic hydroxyl groups excluding tert-OH is 1. The van der Waals surface area contributed by atoms with Crippen LogP contribution in [0.1, 0.15) is 36.9 Å². The molecule has 2 aromatic rings. The Morgan fingerprint density at radius 1 is 1.38 bits per heavy atom. The van der Waals surface area contributed by atoms with E-state index >= 15 is 0 Å². The van der Waals surface area contributed by atoms with Crippen LogP contribution in [0.5, 0.6) is 0 Å². The Balaban J connectivity index is 1.96. The summed E-state index contributed by atoms with van der Waals surface area (Å²) in [4.78, 5) is 15.8. The number of hydrogen-bond donors (Lipinski definition) is 1. The van der Waals surface area contributed by atoms with Crippen LogP contribution in [0.3, 0.4) is 0 Å². The van der Waals surface area contributed by atoms with E-state index in [4.69, 9.17) is 0 Å². The molecule has 0 radical (unpaired) electrons. The van der Waals surface area contributed by atoms with Gasteiger partial charge in [-0.3, -0.25) is 10.1 Å². The molecule has 110 valence electrons. The average molecular weight is 304 g/mol. The van der Waals surface area contributed by atoms with Crippen LogP contribution in [0.2, 0.25) is 0 Å². The highest BCUT2D eigenvalue weighted by Gasteiger charge is 2.34. The highest BCUT2D eigenvalue weighted by atomic mass is 32.1. The Labute approximate surface area is 126 Å². The molecule has 1 atom stereocenters. The molecule has 0 spiro atoms. The van der Waals surface area contributed by atoms with Gasteiger partial charge in [-0.15, -0.1) is 11.3 Å². The van der Waals surface area contributed by atoms with Gasteiger partial charge in [-0.25, -0.2) is 4.98 Å². The molecule has 1 aromatic carbocycles. The Morgan fingerprint density at radius 3 is 2.67 bits per heavy atom. The Kier molecular flexibility index (Phi) is 3.30. The second-order valence-corrected chi connectivity index (χ2v) is 7.23. The molecule has 1 heterocycles. The number of nitro groups is 1. The third kappa shape index (κ3) is 2.69. The summed E-state index contributed by atoms with van der Waals surface area (Å²) in [6, 6.07) is 6.38. The molecule has 3 rings (SSSR count). The van der Waals surface area contributed by atoms with Crippen molar-refractivity contribution >= 4 is 17.0 Å². The molecule has 1 unspecified atom stereocenters. The molecule has 1 aliphatic carbocycles. The lowest BCUT2D eigenvalue weighted by Gasteiger charge is -2.31. The Bertz CT molecular complexity index is 691. The first-order chi connectivity index (χ1) is 9.85. The normalized spacial score (nSPS) is 20.0. The predicted molar refractivity (Wildman–Crippen MR) is 81.3 cm³/mol. The van der Waals surface area contributed by atoms with Crippen molar-refractivity contribution in [1.29, 1.82) is 0 Å². The summed E-state index contributed by atoms with van der Waals surface area (Å²) in [5, 5.41) is 21.7. The van der Waals surface area contributed by atoms with Crippen LogP contribution < -0.4 is 0 Å².